The van der Waals surface area contributed by atoms with Gasteiger partial charge in [-0.25, -0.2) is 9.78 Å². The fourth-order valence-corrected chi connectivity index (χ4v) is 1.92. The number of fused-ring (bicyclic) bond motifs is 1. The molecule has 8 heteroatoms. The summed E-state index contributed by atoms with van der Waals surface area (Å²) in [4.78, 5) is 48.5. The van der Waals surface area contributed by atoms with E-state index in [2.05, 4.69) is 9.97 Å². The van der Waals surface area contributed by atoms with Gasteiger partial charge in [0.25, 0.3) is 11.8 Å². The summed E-state index contributed by atoms with van der Waals surface area (Å²) in [6.45, 7) is 0. The van der Waals surface area contributed by atoms with Crippen LogP contribution in [0.3, 0.4) is 0 Å². The Kier molecular flexibility index (Phi) is 3.26. The molecule has 1 aromatic carbocycles. The Labute approximate surface area is 124 Å². The number of methoxy groups -OCH3 is 1. The average molecular weight is 299 g/mol. The van der Waals surface area contributed by atoms with Gasteiger partial charge < -0.3 is 9.57 Å². The number of rotatable bonds is 3. The van der Waals surface area contributed by atoms with E-state index in [0.29, 0.717) is 5.06 Å². The molecule has 0 aliphatic carbocycles. The summed E-state index contributed by atoms with van der Waals surface area (Å²) in [7, 11) is 1.36. The van der Waals surface area contributed by atoms with Gasteiger partial charge in [-0.1, -0.05) is 17.2 Å². The lowest BCUT2D eigenvalue weighted by Crippen LogP contribution is -2.33. The van der Waals surface area contributed by atoms with Crippen LogP contribution in [0.4, 0.5) is 0 Å². The van der Waals surface area contributed by atoms with Crippen LogP contribution in [0.5, 0.6) is 5.88 Å². The van der Waals surface area contributed by atoms with E-state index in [1.54, 1.807) is 12.1 Å². The fraction of sp³-hybridized carbons (Fsp3) is 0.0714. The zero-order valence-electron chi connectivity index (χ0n) is 11.3. The van der Waals surface area contributed by atoms with Crippen molar-refractivity contribution in [3.8, 4) is 5.88 Å². The predicted molar refractivity (Wildman–Crippen MR) is 70.9 cm³/mol. The van der Waals surface area contributed by atoms with Crippen molar-refractivity contribution in [2.45, 2.75) is 0 Å². The van der Waals surface area contributed by atoms with Crippen LogP contribution in [-0.4, -0.2) is 39.9 Å². The molecule has 1 aromatic heterocycles. The van der Waals surface area contributed by atoms with E-state index in [0.717, 1.165) is 6.20 Å². The minimum absolute atomic E-state index is 0.108. The molecule has 0 saturated heterocycles. The quantitative estimate of drug-likeness (QED) is 0.775. The average Bonchev–Trinajstić information content (AvgIpc) is 2.80. The Bertz CT molecular complexity index is 755. The molecule has 110 valence electrons. The van der Waals surface area contributed by atoms with Crippen molar-refractivity contribution >= 4 is 17.8 Å². The van der Waals surface area contributed by atoms with Crippen LogP contribution in [0, 0.1) is 0 Å². The van der Waals surface area contributed by atoms with E-state index in [9.17, 15) is 14.4 Å². The first kappa shape index (κ1) is 13.7. The molecule has 2 amide bonds. The van der Waals surface area contributed by atoms with Gasteiger partial charge in [-0.05, 0) is 12.1 Å². The maximum atomic E-state index is 12.1. The highest BCUT2D eigenvalue weighted by Gasteiger charge is 2.39. The van der Waals surface area contributed by atoms with Crippen molar-refractivity contribution in [2.75, 3.05) is 7.11 Å². The third kappa shape index (κ3) is 2.16. The standard InChI is InChI=1S/C14H9N3O5/c1-21-11-7-15-6-10(16-11)14(20)22-17-12(18)8-4-2-3-5-9(8)13(17)19/h2-7H,1H3. The van der Waals surface area contributed by atoms with Gasteiger partial charge >= 0.3 is 5.97 Å². The third-order valence-electron chi connectivity index (χ3n) is 2.96. The van der Waals surface area contributed by atoms with Gasteiger partial charge in [0.1, 0.15) is 0 Å². The zero-order valence-corrected chi connectivity index (χ0v) is 11.3. The number of hydrogen-bond donors (Lipinski definition) is 0. The minimum Gasteiger partial charge on any atom is -0.480 e. The van der Waals surface area contributed by atoms with E-state index >= 15 is 0 Å². The lowest BCUT2D eigenvalue weighted by atomic mass is 10.1. The fourth-order valence-electron chi connectivity index (χ4n) is 1.92. The number of hydroxylamine groups is 2. The first-order chi connectivity index (χ1) is 10.6. The van der Waals surface area contributed by atoms with Crippen molar-refractivity contribution in [2.24, 2.45) is 0 Å². The van der Waals surface area contributed by atoms with Crippen molar-refractivity contribution in [3.63, 3.8) is 0 Å². The van der Waals surface area contributed by atoms with Crippen molar-refractivity contribution in [3.05, 3.63) is 53.5 Å². The Hall–Kier alpha value is -3.29. The van der Waals surface area contributed by atoms with Gasteiger partial charge in [0.15, 0.2) is 5.69 Å². The number of ether oxygens (including phenoxy) is 1. The number of imide groups is 1. The van der Waals surface area contributed by atoms with Crippen LogP contribution in [0.15, 0.2) is 36.7 Å². The molecule has 0 atom stereocenters. The van der Waals surface area contributed by atoms with Crippen molar-refractivity contribution in [1.29, 1.82) is 0 Å². The Balaban J connectivity index is 1.84. The number of carbonyl (C=O) groups excluding carboxylic acids is 3. The maximum Gasteiger partial charge on any atom is 0.383 e. The van der Waals surface area contributed by atoms with E-state index in [1.807, 2.05) is 0 Å². The zero-order chi connectivity index (χ0) is 15.7. The van der Waals surface area contributed by atoms with Gasteiger partial charge in [0, 0.05) is 0 Å². The third-order valence-corrected chi connectivity index (χ3v) is 2.96. The Morgan fingerprint density at radius 3 is 2.32 bits per heavy atom. The van der Waals surface area contributed by atoms with Crippen LogP contribution in [-0.2, 0) is 4.84 Å². The minimum atomic E-state index is -0.985. The van der Waals surface area contributed by atoms with Crippen LogP contribution in [0.25, 0.3) is 0 Å². The lowest BCUT2D eigenvalue weighted by molar-refractivity contribution is -0.0589. The first-order valence-corrected chi connectivity index (χ1v) is 6.18. The van der Waals surface area contributed by atoms with Crippen molar-refractivity contribution in [1.82, 2.24) is 15.0 Å². The molecule has 0 N–H and O–H groups in total. The summed E-state index contributed by atoms with van der Waals surface area (Å²) in [5.74, 6) is -2.28. The summed E-state index contributed by atoms with van der Waals surface area (Å²) >= 11 is 0. The maximum absolute atomic E-state index is 12.1. The van der Waals surface area contributed by atoms with Gasteiger partial charge in [-0.15, -0.1) is 0 Å². The second-order valence-corrected chi connectivity index (χ2v) is 4.28. The van der Waals surface area contributed by atoms with Crippen LogP contribution in [0.2, 0.25) is 0 Å². The monoisotopic (exact) mass is 299 g/mol. The molecule has 0 bridgehead atoms. The first-order valence-electron chi connectivity index (χ1n) is 6.18. The molecule has 0 unspecified atom stereocenters. The highest BCUT2D eigenvalue weighted by atomic mass is 16.7. The Morgan fingerprint density at radius 2 is 1.73 bits per heavy atom. The number of nitrogens with zero attached hydrogens (tertiary/aromatic N) is 3. The number of aromatic nitrogens is 2. The molecular formula is C14H9N3O5. The van der Waals surface area contributed by atoms with E-state index in [-0.39, 0.29) is 22.7 Å². The molecule has 1 aliphatic heterocycles. The normalized spacial score (nSPS) is 13.0. The second kappa shape index (κ2) is 5.24. The number of benzene rings is 1. The molecule has 22 heavy (non-hydrogen) atoms. The van der Waals surface area contributed by atoms with Crippen LogP contribution < -0.4 is 4.74 Å². The smallest absolute Gasteiger partial charge is 0.383 e. The van der Waals surface area contributed by atoms with E-state index in [4.69, 9.17) is 9.57 Å². The Morgan fingerprint density at radius 1 is 1.09 bits per heavy atom. The van der Waals surface area contributed by atoms with E-state index < -0.39 is 17.8 Å². The summed E-state index contributed by atoms with van der Waals surface area (Å²) in [5.41, 5.74) is 0.171. The predicted octanol–water partition coefficient (Wildman–Crippen LogP) is 0.853. The summed E-state index contributed by atoms with van der Waals surface area (Å²) in [6.07, 6.45) is 2.45. The molecule has 0 fully saturated rings. The summed E-state index contributed by atoms with van der Waals surface area (Å²) < 4.78 is 4.84. The second-order valence-electron chi connectivity index (χ2n) is 4.28. The highest BCUT2D eigenvalue weighted by Crippen LogP contribution is 2.23. The molecule has 0 radical (unpaired) electrons. The largest absolute Gasteiger partial charge is 0.480 e. The SMILES string of the molecule is COc1cncc(C(=O)ON2C(=O)c3ccccc3C2=O)n1. The van der Waals surface area contributed by atoms with E-state index in [1.165, 1.54) is 25.4 Å². The lowest BCUT2D eigenvalue weighted by Gasteiger charge is -2.12. The molecule has 2 heterocycles. The van der Waals surface area contributed by atoms with Crippen molar-refractivity contribution < 1.29 is 24.0 Å². The molecule has 3 rings (SSSR count). The molecule has 0 spiro atoms. The van der Waals surface area contributed by atoms with Gasteiger partial charge in [-0.2, -0.15) is 0 Å². The van der Waals surface area contributed by atoms with Gasteiger partial charge in [0.2, 0.25) is 5.88 Å². The number of amides is 2. The molecular weight excluding hydrogens is 290 g/mol. The summed E-state index contributed by atoms with van der Waals surface area (Å²) in [5, 5.41) is 0.411. The van der Waals surface area contributed by atoms with Crippen LogP contribution in [0.1, 0.15) is 31.2 Å². The highest BCUT2D eigenvalue weighted by molar-refractivity contribution is 6.21. The molecule has 0 saturated carbocycles. The molecule has 8 nitrogen and oxygen atoms in total. The summed E-state index contributed by atoms with van der Waals surface area (Å²) in [6, 6.07) is 6.19. The topological polar surface area (TPSA) is 98.7 Å². The van der Waals surface area contributed by atoms with Gasteiger partial charge in [0.05, 0.1) is 30.6 Å². The van der Waals surface area contributed by atoms with Gasteiger partial charge in [-0.3, -0.25) is 14.6 Å². The number of hydrogen-bond acceptors (Lipinski definition) is 7. The number of carbonyl (C=O) groups is 3. The van der Waals surface area contributed by atoms with Crippen LogP contribution >= 0.6 is 0 Å². The molecule has 2 aromatic rings. The molecule has 1 aliphatic rings.